The summed E-state index contributed by atoms with van der Waals surface area (Å²) in [6.45, 7) is 0. The highest BCUT2D eigenvalue weighted by atomic mass is 15.2. The molecule has 0 radical (unpaired) electrons. The normalized spacial score (nSPS) is 24.1. The van der Waals surface area contributed by atoms with Crippen LogP contribution in [-0.2, 0) is 0 Å². The maximum Gasteiger partial charge on any atom is 0.146 e. The van der Waals surface area contributed by atoms with Gasteiger partial charge in [0, 0.05) is 25.3 Å². The van der Waals surface area contributed by atoms with E-state index in [4.69, 9.17) is 11.0 Å². The summed E-state index contributed by atoms with van der Waals surface area (Å²) in [5.41, 5.74) is 6.55. The molecule has 1 aromatic heterocycles. The topological polar surface area (TPSA) is 65.9 Å². The van der Waals surface area contributed by atoms with Crippen molar-refractivity contribution in [1.29, 1.82) is 5.26 Å². The number of aromatic nitrogens is 1. The van der Waals surface area contributed by atoms with Gasteiger partial charge in [-0.15, -0.1) is 0 Å². The molecule has 1 aromatic rings. The van der Waals surface area contributed by atoms with Gasteiger partial charge in [0.25, 0.3) is 0 Å². The molecule has 2 N–H and O–H groups in total. The summed E-state index contributed by atoms with van der Waals surface area (Å²) < 4.78 is 0. The molecule has 90 valence electrons. The molecule has 1 aliphatic carbocycles. The predicted molar refractivity (Wildman–Crippen MR) is 67.6 cm³/mol. The molecule has 2 rings (SSSR count). The third-order valence-electron chi connectivity index (χ3n) is 3.53. The van der Waals surface area contributed by atoms with Crippen molar-refractivity contribution < 1.29 is 0 Å². The van der Waals surface area contributed by atoms with Crippen LogP contribution in [0.3, 0.4) is 0 Å². The van der Waals surface area contributed by atoms with Gasteiger partial charge in [-0.1, -0.05) is 0 Å². The quantitative estimate of drug-likeness (QED) is 0.839. The van der Waals surface area contributed by atoms with Gasteiger partial charge in [-0.3, -0.25) is 0 Å². The largest absolute Gasteiger partial charge is 0.356 e. The van der Waals surface area contributed by atoms with Crippen LogP contribution in [0.1, 0.15) is 31.2 Å². The number of anilines is 1. The molecule has 1 fully saturated rings. The van der Waals surface area contributed by atoms with E-state index in [0.29, 0.717) is 17.6 Å². The molecule has 4 heteroatoms. The van der Waals surface area contributed by atoms with E-state index < -0.39 is 0 Å². The van der Waals surface area contributed by atoms with Crippen LogP contribution in [0.2, 0.25) is 0 Å². The molecule has 0 bridgehead atoms. The Morgan fingerprint density at radius 1 is 1.41 bits per heavy atom. The van der Waals surface area contributed by atoms with Gasteiger partial charge in [0.2, 0.25) is 0 Å². The number of pyridine rings is 1. The molecule has 0 spiro atoms. The Hall–Kier alpha value is -1.60. The lowest BCUT2D eigenvalue weighted by molar-refractivity contribution is 0.383. The minimum absolute atomic E-state index is 0.346. The van der Waals surface area contributed by atoms with Gasteiger partial charge >= 0.3 is 0 Å². The molecule has 1 aliphatic rings. The van der Waals surface area contributed by atoms with Gasteiger partial charge < -0.3 is 10.6 Å². The molecule has 0 unspecified atom stereocenters. The van der Waals surface area contributed by atoms with Crippen molar-refractivity contribution in [3.8, 4) is 6.07 Å². The number of hydrogen-bond donors (Lipinski definition) is 1. The fourth-order valence-corrected chi connectivity index (χ4v) is 2.43. The van der Waals surface area contributed by atoms with E-state index >= 15 is 0 Å². The maximum atomic E-state index is 9.07. The first-order chi connectivity index (χ1) is 8.22. The van der Waals surface area contributed by atoms with Crippen molar-refractivity contribution in [3.63, 3.8) is 0 Å². The van der Waals surface area contributed by atoms with Crippen molar-refractivity contribution in [2.45, 2.75) is 37.8 Å². The van der Waals surface area contributed by atoms with Crippen molar-refractivity contribution in [2.75, 3.05) is 11.9 Å². The lowest BCUT2D eigenvalue weighted by atomic mass is 9.91. The minimum atomic E-state index is 0.346. The zero-order valence-electron chi connectivity index (χ0n) is 10.1. The molecule has 17 heavy (non-hydrogen) atoms. The molecule has 0 aromatic carbocycles. The van der Waals surface area contributed by atoms with Crippen LogP contribution >= 0.6 is 0 Å². The molecule has 0 aliphatic heterocycles. The summed E-state index contributed by atoms with van der Waals surface area (Å²) in [5, 5.41) is 9.07. The Labute approximate surface area is 102 Å². The predicted octanol–water partition coefficient (Wildman–Crippen LogP) is 1.66. The standard InChI is InChI=1S/C13H18N4/c1-17(12-6-4-11(15)5-7-12)13-10(9-14)3-2-8-16-13/h2-3,8,11-12H,4-7,15H2,1H3. The van der Waals surface area contributed by atoms with E-state index in [1.807, 2.05) is 13.1 Å². The molecule has 0 atom stereocenters. The van der Waals surface area contributed by atoms with Gasteiger partial charge in [0.05, 0.1) is 5.56 Å². The van der Waals surface area contributed by atoms with Crippen LogP contribution in [0.4, 0.5) is 5.82 Å². The van der Waals surface area contributed by atoms with Gasteiger partial charge in [-0.05, 0) is 37.8 Å². The molecule has 0 saturated heterocycles. The van der Waals surface area contributed by atoms with Crippen LogP contribution in [0, 0.1) is 11.3 Å². The molecule has 1 saturated carbocycles. The van der Waals surface area contributed by atoms with Crippen LogP contribution < -0.4 is 10.6 Å². The Morgan fingerprint density at radius 3 is 2.76 bits per heavy atom. The lowest BCUT2D eigenvalue weighted by Gasteiger charge is -2.34. The zero-order chi connectivity index (χ0) is 12.3. The first-order valence-electron chi connectivity index (χ1n) is 6.06. The van der Waals surface area contributed by atoms with Crippen molar-refractivity contribution in [3.05, 3.63) is 23.9 Å². The number of nitrogens with zero attached hydrogens (tertiary/aromatic N) is 3. The molecule has 4 nitrogen and oxygen atoms in total. The number of rotatable bonds is 2. The van der Waals surface area contributed by atoms with Crippen molar-refractivity contribution >= 4 is 5.82 Å². The van der Waals surface area contributed by atoms with E-state index in [1.165, 1.54) is 0 Å². The number of nitrogens with two attached hydrogens (primary N) is 1. The highest BCUT2D eigenvalue weighted by Crippen LogP contribution is 2.26. The first-order valence-corrected chi connectivity index (χ1v) is 6.06. The van der Waals surface area contributed by atoms with E-state index in [1.54, 1.807) is 12.3 Å². The average Bonchev–Trinajstić information content (AvgIpc) is 2.39. The summed E-state index contributed by atoms with van der Waals surface area (Å²) in [4.78, 5) is 6.45. The number of nitriles is 1. The Balaban J connectivity index is 2.14. The Morgan fingerprint density at radius 2 is 2.12 bits per heavy atom. The van der Waals surface area contributed by atoms with E-state index in [0.717, 1.165) is 31.5 Å². The first kappa shape index (κ1) is 11.9. The summed E-state index contributed by atoms with van der Waals surface area (Å²) >= 11 is 0. The van der Waals surface area contributed by atoms with Crippen molar-refractivity contribution in [1.82, 2.24) is 4.98 Å². The van der Waals surface area contributed by atoms with Gasteiger partial charge in [-0.2, -0.15) is 5.26 Å². The Kier molecular flexibility index (Phi) is 3.60. The smallest absolute Gasteiger partial charge is 0.146 e. The van der Waals surface area contributed by atoms with E-state index in [2.05, 4.69) is 16.0 Å². The molecular formula is C13H18N4. The zero-order valence-corrected chi connectivity index (χ0v) is 10.1. The average molecular weight is 230 g/mol. The second-order valence-electron chi connectivity index (χ2n) is 4.67. The third-order valence-corrected chi connectivity index (χ3v) is 3.53. The highest BCUT2D eigenvalue weighted by Gasteiger charge is 2.23. The summed E-state index contributed by atoms with van der Waals surface area (Å²) in [6, 6.07) is 6.61. The van der Waals surface area contributed by atoms with E-state index in [-0.39, 0.29) is 0 Å². The van der Waals surface area contributed by atoms with Crippen LogP contribution in [0.5, 0.6) is 0 Å². The van der Waals surface area contributed by atoms with Crippen LogP contribution in [0.25, 0.3) is 0 Å². The summed E-state index contributed by atoms with van der Waals surface area (Å²) in [7, 11) is 2.02. The van der Waals surface area contributed by atoms with Crippen molar-refractivity contribution in [2.24, 2.45) is 5.73 Å². The fourth-order valence-electron chi connectivity index (χ4n) is 2.43. The fraction of sp³-hybridized carbons (Fsp3) is 0.538. The summed E-state index contributed by atoms with van der Waals surface area (Å²) in [5.74, 6) is 0.787. The van der Waals surface area contributed by atoms with Crippen LogP contribution in [0.15, 0.2) is 18.3 Å². The number of hydrogen-bond acceptors (Lipinski definition) is 4. The monoisotopic (exact) mass is 230 g/mol. The minimum Gasteiger partial charge on any atom is -0.356 e. The Bertz CT molecular complexity index is 416. The molecular weight excluding hydrogens is 212 g/mol. The van der Waals surface area contributed by atoms with Gasteiger partial charge in [-0.25, -0.2) is 4.98 Å². The molecule has 1 heterocycles. The third kappa shape index (κ3) is 2.56. The second-order valence-corrected chi connectivity index (χ2v) is 4.67. The van der Waals surface area contributed by atoms with Crippen LogP contribution in [-0.4, -0.2) is 24.1 Å². The van der Waals surface area contributed by atoms with Gasteiger partial charge in [0.15, 0.2) is 0 Å². The maximum absolute atomic E-state index is 9.07. The van der Waals surface area contributed by atoms with Gasteiger partial charge in [0.1, 0.15) is 11.9 Å². The second kappa shape index (κ2) is 5.15. The lowest BCUT2D eigenvalue weighted by Crippen LogP contribution is -2.39. The summed E-state index contributed by atoms with van der Waals surface area (Å²) in [6.07, 6.45) is 6.02. The highest BCUT2D eigenvalue weighted by molar-refractivity contribution is 5.53. The molecule has 0 amide bonds. The SMILES string of the molecule is CN(c1ncccc1C#N)C1CCC(N)CC1. The van der Waals surface area contributed by atoms with E-state index in [9.17, 15) is 0 Å².